The summed E-state index contributed by atoms with van der Waals surface area (Å²) < 4.78 is 15.8. The van der Waals surface area contributed by atoms with E-state index in [9.17, 15) is 4.21 Å². The fraction of sp³-hybridized carbons (Fsp3) is 0.429. The van der Waals surface area contributed by atoms with E-state index in [-0.39, 0.29) is 10.8 Å². The summed E-state index contributed by atoms with van der Waals surface area (Å²) >= 11 is 0. The van der Waals surface area contributed by atoms with Gasteiger partial charge in [0.1, 0.15) is 0 Å². The zero-order chi connectivity index (χ0) is 18.4. The van der Waals surface area contributed by atoms with Crippen LogP contribution in [-0.4, -0.2) is 21.2 Å². The second kappa shape index (κ2) is 9.07. The third kappa shape index (κ3) is 6.02. The van der Waals surface area contributed by atoms with Gasteiger partial charge >= 0.3 is 0 Å². The quantitative estimate of drug-likeness (QED) is 0.722. The summed E-state index contributed by atoms with van der Waals surface area (Å²) in [6.07, 6.45) is 0.989. The molecule has 0 spiro atoms. The van der Waals surface area contributed by atoms with E-state index >= 15 is 0 Å². The molecule has 4 heteroatoms. The molecule has 0 aliphatic carbocycles. The minimum absolute atomic E-state index is 0.214. The average Bonchev–Trinajstić information content (AvgIpc) is 2.58. The molecule has 0 aromatic heterocycles. The van der Waals surface area contributed by atoms with Crippen molar-refractivity contribution in [2.45, 2.75) is 45.4 Å². The SMILES string of the molecule is CC(C)[C@@H](CP(c1ccccc1)c1ccccc1)NS(=O)C(C)(C)C. The maximum Gasteiger partial charge on any atom is 0.0972 e. The Labute approximate surface area is 156 Å². The lowest BCUT2D eigenvalue weighted by atomic mass is 10.1. The summed E-state index contributed by atoms with van der Waals surface area (Å²) in [5.41, 5.74) is 0. The monoisotopic (exact) mass is 375 g/mol. The molecule has 0 aliphatic rings. The number of benzene rings is 2. The highest BCUT2D eigenvalue weighted by Crippen LogP contribution is 2.35. The highest BCUT2D eigenvalue weighted by molar-refractivity contribution is 7.84. The van der Waals surface area contributed by atoms with Crippen molar-refractivity contribution >= 4 is 29.5 Å². The summed E-state index contributed by atoms with van der Waals surface area (Å²) in [4.78, 5) is 0. The molecule has 0 heterocycles. The molecule has 0 amide bonds. The summed E-state index contributed by atoms with van der Waals surface area (Å²) in [7, 11) is -1.54. The van der Waals surface area contributed by atoms with E-state index in [1.165, 1.54) is 10.6 Å². The van der Waals surface area contributed by atoms with Crippen molar-refractivity contribution in [2.24, 2.45) is 5.92 Å². The van der Waals surface area contributed by atoms with E-state index in [1.807, 2.05) is 20.8 Å². The molecule has 0 aliphatic heterocycles. The van der Waals surface area contributed by atoms with Crippen LogP contribution in [0.2, 0.25) is 0 Å². The molecule has 1 unspecified atom stereocenters. The predicted octanol–water partition coefficient (Wildman–Crippen LogP) is 4.20. The van der Waals surface area contributed by atoms with Crippen LogP contribution < -0.4 is 15.3 Å². The lowest BCUT2D eigenvalue weighted by Gasteiger charge is -2.30. The van der Waals surface area contributed by atoms with Crippen LogP contribution >= 0.6 is 7.92 Å². The third-order valence-electron chi connectivity index (χ3n) is 4.13. The molecular formula is C21H30NOPS. The highest BCUT2D eigenvalue weighted by atomic mass is 32.2. The van der Waals surface area contributed by atoms with Crippen LogP contribution in [0.1, 0.15) is 34.6 Å². The standard InChI is InChI=1S/C21H30NOPS/c1-17(2)20(22-25(23)21(3,4)5)16-24(18-12-8-6-9-13-18)19-14-10-7-11-15-19/h6-15,17,20,22H,16H2,1-5H3/t20-,25?/m1/s1. The Morgan fingerprint density at radius 2 is 1.36 bits per heavy atom. The van der Waals surface area contributed by atoms with Gasteiger partial charge in [0, 0.05) is 6.04 Å². The molecule has 0 radical (unpaired) electrons. The van der Waals surface area contributed by atoms with Crippen molar-refractivity contribution in [1.29, 1.82) is 0 Å². The van der Waals surface area contributed by atoms with Gasteiger partial charge in [0.25, 0.3) is 0 Å². The number of hydrogen-bond acceptors (Lipinski definition) is 1. The predicted molar refractivity (Wildman–Crippen MR) is 114 cm³/mol. The zero-order valence-electron chi connectivity index (χ0n) is 15.9. The van der Waals surface area contributed by atoms with Crippen LogP contribution in [-0.2, 0) is 11.0 Å². The largest absolute Gasteiger partial charge is 0.242 e. The van der Waals surface area contributed by atoms with Gasteiger partial charge in [-0.05, 0) is 51.4 Å². The number of nitrogens with one attached hydrogen (secondary N) is 1. The Bertz CT molecular complexity index is 628. The van der Waals surface area contributed by atoms with Gasteiger partial charge in [-0.25, -0.2) is 8.93 Å². The van der Waals surface area contributed by atoms with Gasteiger partial charge in [-0.3, -0.25) is 0 Å². The molecule has 0 fully saturated rings. The van der Waals surface area contributed by atoms with E-state index in [4.69, 9.17) is 0 Å². The molecule has 2 atom stereocenters. The topological polar surface area (TPSA) is 29.1 Å². The molecular weight excluding hydrogens is 345 g/mol. The normalized spacial score (nSPS) is 14.7. The van der Waals surface area contributed by atoms with E-state index in [0.29, 0.717) is 5.92 Å². The summed E-state index contributed by atoms with van der Waals surface area (Å²) in [5, 5.41) is 2.75. The Hall–Kier alpha value is -1.02. The Kier molecular flexibility index (Phi) is 7.37. The van der Waals surface area contributed by atoms with Crippen LogP contribution in [0.25, 0.3) is 0 Å². The molecule has 2 rings (SSSR count). The van der Waals surface area contributed by atoms with Crippen LogP contribution in [0, 0.1) is 5.92 Å². The summed E-state index contributed by atoms with van der Waals surface area (Å²) in [5.74, 6) is 0.420. The van der Waals surface area contributed by atoms with Gasteiger partial charge in [-0.15, -0.1) is 0 Å². The maximum absolute atomic E-state index is 12.6. The molecule has 25 heavy (non-hydrogen) atoms. The van der Waals surface area contributed by atoms with E-state index in [1.54, 1.807) is 0 Å². The molecule has 2 aromatic rings. The first-order valence-electron chi connectivity index (χ1n) is 8.84. The van der Waals surface area contributed by atoms with Crippen molar-refractivity contribution in [2.75, 3.05) is 6.16 Å². The minimum atomic E-state index is -1.06. The van der Waals surface area contributed by atoms with Crippen molar-refractivity contribution in [1.82, 2.24) is 4.72 Å². The minimum Gasteiger partial charge on any atom is -0.242 e. The van der Waals surface area contributed by atoms with Crippen molar-refractivity contribution < 1.29 is 4.21 Å². The molecule has 2 aromatic carbocycles. The molecule has 1 N–H and O–H groups in total. The number of hydrogen-bond donors (Lipinski definition) is 1. The highest BCUT2D eigenvalue weighted by Gasteiger charge is 2.27. The van der Waals surface area contributed by atoms with Gasteiger partial charge in [0.15, 0.2) is 0 Å². The molecule has 0 saturated carbocycles. The Morgan fingerprint density at radius 3 is 1.72 bits per heavy atom. The first-order valence-corrected chi connectivity index (χ1v) is 11.5. The second-order valence-electron chi connectivity index (χ2n) is 7.63. The van der Waals surface area contributed by atoms with Crippen molar-refractivity contribution in [3.8, 4) is 0 Å². The van der Waals surface area contributed by atoms with E-state index in [0.717, 1.165) is 6.16 Å². The molecule has 0 bridgehead atoms. The summed E-state index contributed by atoms with van der Waals surface area (Å²) in [6.45, 7) is 10.5. The fourth-order valence-electron chi connectivity index (χ4n) is 2.47. The lowest BCUT2D eigenvalue weighted by molar-refractivity contribution is 0.492. The fourth-order valence-corrected chi connectivity index (χ4v) is 6.27. The lowest BCUT2D eigenvalue weighted by Crippen LogP contribution is -2.44. The van der Waals surface area contributed by atoms with Gasteiger partial charge < -0.3 is 0 Å². The van der Waals surface area contributed by atoms with Gasteiger partial charge in [-0.2, -0.15) is 0 Å². The Morgan fingerprint density at radius 1 is 0.920 bits per heavy atom. The van der Waals surface area contributed by atoms with Crippen LogP contribution in [0.4, 0.5) is 0 Å². The maximum atomic E-state index is 12.6. The smallest absolute Gasteiger partial charge is 0.0972 e. The summed E-state index contributed by atoms with van der Waals surface area (Å²) in [6, 6.07) is 21.7. The van der Waals surface area contributed by atoms with Gasteiger partial charge in [-0.1, -0.05) is 74.5 Å². The van der Waals surface area contributed by atoms with E-state index in [2.05, 4.69) is 79.2 Å². The first kappa shape index (κ1) is 20.3. The van der Waals surface area contributed by atoms with Crippen molar-refractivity contribution in [3.63, 3.8) is 0 Å². The van der Waals surface area contributed by atoms with Crippen LogP contribution in [0.15, 0.2) is 60.7 Å². The van der Waals surface area contributed by atoms with Gasteiger partial charge in [0.2, 0.25) is 0 Å². The third-order valence-corrected chi connectivity index (χ3v) is 8.37. The van der Waals surface area contributed by atoms with Crippen molar-refractivity contribution in [3.05, 3.63) is 60.7 Å². The van der Waals surface area contributed by atoms with Gasteiger partial charge in [0.05, 0.1) is 15.7 Å². The second-order valence-corrected chi connectivity index (χ2v) is 11.9. The molecule has 0 saturated heterocycles. The molecule has 136 valence electrons. The average molecular weight is 376 g/mol. The van der Waals surface area contributed by atoms with Crippen LogP contribution in [0.3, 0.4) is 0 Å². The number of rotatable bonds is 7. The van der Waals surface area contributed by atoms with Crippen LogP contribution in [0.5, 0.6) is 0 Å². The Balaban J connectivity index is 2.29. The molecule has 2 nitrogen and oxygen atoms in total. The first-order chi connectivity index (χ1) is 11.8. The zero-order valence-corrected chi connectivity index (χ0v) is 17.6. The van der Waals surface area contributed by atoms with E-state index < -0.39 is 18.9 Å².